The largest absolute Gasteiger partial charge is 0.508 e. The normalized spacial score (nSPS) is 10.1. The molecule has 0 atom stereocenters. The van der Waals surface area contributed by atoms with Crippen molar-refractivity contribution in [2.45, 2.75) is 0 Å². The summed E-state index contributed by atoms with van der Waals surface area (Å²) in [6.07, 6.45) is 0. The van der Waals surface area contributed by atoms with Crippen LogP contribution in [0.5, 0.6) is 5.75 Å². The molecule has 1 aromatic heterocycles. The Morgan fingerprint density at radius 2 is 1.95 bits per heavy atom. The minimum absolute atomic E-state index is 0.0418. The average molecular weight is 278 g/mol. The SMILES string of the molecule is O=C(O)CN(C(=O)c1cscn1)c1ccc(O)cc1. The highest BCUT2D eigenvalue weighted by atomic mass is 32.1. The summed E-state index contributed by atoms with van der Waals surface area (Å²) >= 11 is 1.26. The maximum atomic E-state index is 12.2. The van der Waals surface area contributed by atoms with E-state index < -0.39 is 18.4 Å². The number of amides is 1. The number of anilines is 1. The molecule has 0 bridgehead atoms. The van der Waals surface area contributed by atoms with Crippen LogP contribution in [0.25, 0.3) is 0 Å². The van der Waals surface area contributed by atoms with Gasteiger partial charge in [0, 0.05) is 11.1 Å². The zero-order valence-corrected chi connectivity index (χ0v) is 10.5. The Morgan fingerprint density at radius 1 is 1.26 bits per heavy atom. The smallest absolute Gasteiger partial charge is 0.323 e. The molecule has 19 heavy (non-hydrogen) atoms. The van der Waals surface area contributed by atoms with Gasteiger partial charge in [-0.1, -0.05) is 0 Å². The van der Waals surface area contributed by atoms with E-state index in [9.17, 15) is 14.7 Å². The minimum Gasteiger partial charge on any atom is -0.508 e. The van der Waals surface area contributed by atoms with Crippen LogP contribution in [0.15, 0.2) is 35.2 Å². The molecule has 0 radical (unpaired) electrons. The highest BCUT2D eigenvalue weighted by Gasteiger charge is 2.21. The number of benzene rings is 1. The number of nitrogens with zero attached hydrogens (tertiary/aromatic N) is 2. The van der Waals surface area contributed by atoms with E-state index in [0.29, 0.717) is 5.69 Å². The van der Waals surface area contributed by atoms with Crippen molar-refractivity contribution in [2.24, 2.45) is 0 Å². The third-order valence-electron chi connectivity index (χ3n) is 2.35. The Kier molecular flexibility index (Phi) is 3.76. The summed E-state index contributed by atoms with van der Waals surface area (Å²) in [7, 11) is 0. The number of carbonyl (C=O) groups excluding carboxylic acids is 1. The minimum atomic E-state index is -1.13. The first-order valence-electron chi connectivity index (χ1n) is 5.29. The molecule has 0 aliphatic heterocycles. The van der Waals surface area contributed by atoms with E-state index in [1.165, 1.54) is 41.1 Å². The first-order chi connectivity index (χ1) is 9.08. The number of rotatable bonds is 4. The molecule has 0 unspecified atom stereocenters. The molecular weight excluding hydrogens is 268 g/mol. The van der Waals surface area contributed by atoms with Gasteiger partial charge in [-0.15, -0.1) is 11.3 Å². The predicted octanol–water partition coefficient (Wildman–Crippen LogP) is 1.58. The second kappa shape index (κ2) is 5.49. The number of carboxylic acids is 1. The lowest BCUT2D eigenvalue weighted by Crippen LogP contribution is -2.35. The Morgan fingerprint density at radius 3 is 2.47 bits per heavy atom. The fourth-order valence-corrected chi connectivity index (χ4v) is 2.03. The van der Waals surface area contributed by atoms with Crippen LogP contribution in [0.2, 0.25) is 0 Å². The van der Waals surface area contributed by atoms with Gasteiger partial charge in [-0.2, -0.15) is 0 Å². The van der Waals surface area contributed by atoms with Crippen molar-refractivity contribution in [1.29, 1.82) is 0 Å². The summed E-state index contributed by atoms with van der Waals surface area (Å²) in [6.45, 7) is -0.471. The fourth-order valence-electron chi connectivity index (χ4n) is 1.50. The van der Waals surface area contributed by atoms with Crippen LogP contribution in [-0.2, 0) is 4.79 Å². The van der Waals surface area contributed by atoms with E-state index in [-0.39, 0.29) is 11.4 Å². The van der Waals surface area contributed by atoms with Crippen molar-refractivity contribution in [1.82, 2.24) is 4.98 Å². The second-order valence-electron chi connectivity index (χ2n) is 3.68. The highest BCUT2D eigenvalue weighted by Crippen LogP contribution is 2.20. The number of carbonyl (C=O) groups is 2. The Hall–Kier alpha value is -2.41. The van der Waals surface area contributed by atoms with E-state index in [4.69, 9.17) is 5.11 Å². The second-order valence-corrected chi connectivity index (χ2v) is 4.39. The molecule has 2 N–H and O–H groups in total. The summed E-state index contributed by atoms with van der Waals surface area (Å²) in [4.78, 5) is 28.0. The van der Waals surface area contributed by atoms with Gasteiger partial charge in [0.1, 0.15) is 18.0 Å². The molecule has 0 aliphatic rings. The van der Waals surface area contributed by atoms with Gasteiger partial charge in [0.2, 0.25) is 0 Å². The molecule has 0 fully saturated rings. The first kappa shape index (κ1) is 13.0. The number of hydrogen-bond donors (Lipinski definition) is 2. The summed E-state index contributed by atoms with van der Waals surface area (Å²) in [5, 5.41) is 19.7. The van der Waals surface area contributed by atoms with Crippen LogP contribution in [0, 0.1) is 0 Å². The molecule has 1 aromatic carbocycles. The Balaban J connectivity index is 2.33. The number of hydrogen-bond acceptors (Lipinski definition) is 5. The standard InChI is InChI=1S/C12H10N2O4S/c15-9-3-1-8(2-4-9)14(5-11(16)17)12(18)10-6-19-7-13-10/h1-4,6-7,15H,5H2,(H,16,17). The lowest BCUT2D eigenvalue weighted by Gasteiger charge is -2.19. The third kappa shape index (κ3) is 3.08. The van der Waals surface area contributed by atoms with E-state index in [1.807, 2.05) is 0 Å². The molecule has 1 heterocycles. The van der Waals surface area contributed by atoms with Crippen LogP contribution in [0.1, 0.15) is 10.5 Å². The molecule has 2 rings (SSSR count). The summed E-state index contributed by atoms with van der Waals surface area (Å²) < 4.78 is 0. The maximum absolute atomic E-state index is 12.2. The van der Waals surface area contributed by atoms with Crippen molar-refractivity contribution < 1.29 is 19.8 Å². The molecule has 2 aromatic rings. The molecule has 7 heteroatoms. The molecule has 0 saturated heterocycles. The van der Waals surface area contributed by atoms with Gasteiger partial charge in [-0.3, -0.25) is 14.5 Å². The number of carboxylic acid groups (broad SMARTS) is 1. The predicted molar refractivity (Wildman–Crippen MR) is 69.5 cm³/mol. The van der Waals surface area contributed by atoms with Gasteiger partial charge in [0.05, 0.1) is 5.51 Å². The van der Waals surface area contributed by atoms with Crippen LogP contribution in [0.3, 0.4) is 0 Å². The van der Waals surface area contributed by atoms with E-state index in [2.05, 4.69) is 4.98 Å². The van der Waals surface area contributed by atoms with Crippen molar-refractivity contribution in [2.75, 3.05) is 11.4 Å². The van der Waals surface area contributed by atoms with Crippen molar-refractivity contribution in [3.8, 4) is 5.75 Å². The first-order valence-corrected chi connectivity index (χ1v) is 6.23. The number of aromatic hydroxyl groups is 1. The van der Waals surface area contributed by atoms with E-state index >= 15 is 0 Å². The summed E-state index contributed by atoms with van der Waals surface area (Å²) in [6, 6.07) is 5.72. The number of phenols is 1. The molecule has 0 saturated carbocycles. The molecule has 98 valence electrons. The number of aliphatic carboxylic acids is 1. The summed E-state index contributed by atoms with van der Waals surface area (Å²) in [5.74, 6) is -1.58. The monoisotopic (exact) mass is 278 g/mol. The fraction of sp³-hybridized carbons (Fsp3) is 0.0833. The van der Waals surface area contributed by atoms with Gasteiger partial charge in [-0.05, 0) is 24.3 Å². The van der Waals surface area contributed by atoms with Gasteiger partial charge < -0.3 is 10.2 Å². The Bertz CT molecular complexity index is 580. The number of thiazole rings is 1. The van der Waals surface area contributed by atoms with Gasteiger partial charge >= 0.3 is 5.97 Å². The highest BCUT2D eigenvalue weighted by molar-refractivity contribution is 7.07. The molecular formula is C12H10N2O4S. The van der Waals surface area contributed by atoms with Crippen LogP contribution in [-0.4, -0.2) is 33.6 Å². The molecule has 6 nitrogen and oxygen atoms in total. The van der Waals surface area contributed by atoms with Crippen molar-refractivity contribution in [3.63, 3.8) is 0 Å². The molecule has 0 spiro atoms. The topological polar surface area (TPSA) is 90.7 Å². The lowest BCUT2D eigenvalue weighted by atomic mass is 10.2. The van der Waals surface area contributed by atoms with Gasteiger partial charge in [0.15, 0.2) is 0 Å². The quantitative estimate of drug-likeness (QED) is 0.886. The van der Waals surface area contributed by atoms with Crippen LogP contribution >= 0.6 is 11.3 Å². The van der Waals surface area contributed by atoms with E-state index in [1.54, 1.807) is 5.38 Å². The molecule has 1 amide bonds. The number of phenolic OH excluding ortho intramolecular Hbond substituents is 1. The van der Waals surface area contributed by atoms with Crippen LogP contribution in [0.4, 0.5) is 5.69 Å². The zero-order chi connectivity index (χ0) is 13.8. The average Bonchev–Trinajstić information content (AvgIpc) is 2.90. The van der Waals surface area contributed by atoms with Crippen molar-refractivity contribution >= 4 is 28.9 Å². The van der Waals surface area contributed by atoms with E-state index in [0.717, 1.165) is 4.90 Å². The number of aromatic nitrogens is 1. The zero-order valence-electron chi connectivity index (χ0n) is 9.68. The summed E-state index contributed by atoms with van der Waals surface area (Å²) in [5.41, 5.74) is 2.08. The maximum Gasteiger partial charge on any atom is 0.323 e. The van der Waals surface area contributed by atoms with Gasteiger partial charge in [-0.25, -0.2) is 4.98 Å². The van der Waals surface area contributed by atoms with Crippen molar-refractivity contribution in [3.05, 3.63) is 40.8 Å². The Labute approximate surface area is 112 Å². The van der Waals surface area contributed by atoms with Gasteiger partial charge in [0.25, 0.3) is 5.91 Å². The third-order valence-corrected chi connectivity index (χ3v) is 2.94. The lowest BCUT2D eigenvalue weighted by molar-refractivity contribution is -0.135. The van der Waals surface area contributed by atoms with Crippen LogP contribution < -0.4 is 4.90 Å². The molecule has 0 aliphatic carbocycles.